The summed E-state index contributed by atoms with van der Waals surface area (Å²) in [6.45, 7) is 0. The largest absolute Gasteiger partial charge is 0.508 e. The Bertz CT molecular complexity index is 703. The van der Waals surface area contributed by atoms with E-state index in [1.54, 1.807) is 30.3 Å². The van der Waals surface area contributed by atoms with E-state index in [9.17, 15) is 14.3 Å². The summed E-state index contributed by atoms with van der Waals surface area (Å²) in [7, 11) is 0. The van der Waals surface area contributed by atoms with E-state index >= 15 is 0 Å². The summed E-state index contributed by atoms with van der Waals surface area (Å²) in [5.41, 5.74) is 0.698. The lowest BCUT2D eigenvalue weighted by Gasteiger charge is -1.98. The van der Waals surface area contributed by atoms with Gasteiger partial charge in [0.05, 0.1) is 0 Å². The van der Waals surface area contributed by atoms with Crippen LogP contribution in [0.25, 0.3) is 11.8 Å². The summed E-state index contributed by atoms with van der Waals surface area (Å²) in [6.07, 6.45) is 3.49. The number of aliphatic hydroxyl groups excluding tert-OH is 1. The van der Waals surface area contributed by atoms with Crippen LogP contribution in [-0.4, -0.2) is 16.0 Å². The second-order valence-electron chi connectivity index (χ2n) is 4.34. The van der Waals surface area contributed by atoms with Crippen LogP contribution in [0.5, 0.6) is 5.75 Å². The van der Waals surface area contributed by atoms with Crippen molar-refractivity contribution in [3.05, 3.63) is 77.6 Å². The maximum atomic E-state index is 13.4. The van der Waals surface area contributed by atoms with Gasteiger partial charge < -0.3 is 10.2 Å². The van der Waals surface area contributed by atoms with Crippen molar-refractivity contribution in [3.63, 3.8) is 0 Å². The molecule has 0 saturated carbocycles. The fourth-order valence-corrected chi connectivity index (χ4v) is 1.70. The summed E-state index contributed by atoms with van der Waals surface area (Å²) in [5, 5.41) is 18.9. The van der Waals surface area contributed by atoms with Gasteiger partial charge in [-0.25, -0.2) is 4.39 Å². The minimum atomic E-state index is -0.629. The van der Waals surface area contributed by atoms with E-state index in [4.69, 9.17) is 5.11 Å². The molecule has 0 unspecified atom stereocenters. The predicted octanol–water partition coefficient (Wildman–Crippen LogP) is 3.71. The highest BCUT2D eigenvalue weighted by Crippen LogP contribution is 2.16. The average molecular weight is 284 g/mol. The SMILES string of the molecule is O=C(/C=C(\O)c1ccccc1)/C=C/c1ccc(O)cc1F. The summed E-state index contributed by atoms with van der Waals surface area (Å²) >= 11 is 0. The van der Waals surface area contributed by atoms with Crippen LogP contribution >= 0.6 is 0 Å². The van der Waals surface area contributed by atoms with E-state index in [0.29, 0.717) is 5.56 Å². The maximum Gasteiger partial charge on any atom is 0.182 e. The van der Waals surface area contributed by atoms with Gasteiger partial charge >= 0.3 is 0 Å². The van der Waals surface area contributed by atoms with Crippen LogP contribution < -0.4 is 0 Å². The van der Waals surface area contributed by atoms with Crippen LogP contribution in [0.4, 0.5) is 4.39 Å². The summed E-state index contributed by atoms with van der Waals surface area (Å²) < 4.78 is 13.4. The molecule has 2 rings (SSSR count). The molecular formula is C17H13FO3. The number of carbonyl (C=O) groups excluding carboxylic acids is 1. The van der Waals surface area contributed by atoms with Crippen molar-refractivity contribution in [1.82, 2.24) is 0 Å². The molecule has 0 amide bonds. The van der Waals surface area contributed by atoms with Crippen LogP contribution in [-0.2, 0) is 4.79 Å². The van der Waals surface area contributed by atoms with Gasteiger partial charge in [-0.15, -0.1) is 0 Å². The first-order chi connectivity index (χ1) is 10.1. The van der Waals surface area contributed by atoms with Crippen LogP contribution in [0.2, 0.25) is 0 Å². The molecule has 0 bridgehead atoms. The summed E-state index contributed by atoms with van der Waals surface area (Å²) in [5.74, 6) is -1.44. The van der Waals surface area contributed by atoms with Gasteiger partial charge in [0.15, 0.2) is 5.78 Å². The van der Waals surface area contributed by atoms with Gasteiger partial charge in [0.1, 0.15) is 17.3 Å². The Labute approximate surface area is 121 Å². The van der Waals surface area contributed by atoms with Crippen molar-refractivity contribution in [1.29, 1.82) is 0 Å². The van der Waals surface area contributed by atoms with E-state index < -0.39 is 11.6 Å². The molecule has 0 heterocycles. The number of phenols is 1. The predicted molar refractivity (Wildman–Crippen MR) is 79.2 cm³/mol. The Hall–Kier alpha value is -2.88. The van der Waals surface area contributed by atoms with Gasteiger partial charge in [0.25, 0.3) is 0 Å². The molecule has 0 aliphatic rings. The third-order valence-corrected chi connectivity index (χ3v) is 2.76. The molecule has 0 spiro atoms. The number of rotatable bonds is 4. The number of halogens is 1. The molecule has 2 aromatic rings. The smallest absolute Gasteiger partial charge is 0.182 e. The van der Waals surface area contributed by atoms with Gasteiger partial charge in [-0.2, -0.15) is 0 Å². The number of ketones is 1. The van der Waals surface area contributed by atoms with Crippen molar-refractivity contribution in [3.8, 4) is 5.75 Å². The molecule has 0 fully saturated rings. The van der Waals surface area contributed by atoms with Gasteiger partial charge in [-0.05, 0) is 24.3 Å². The molecule has 4 heteroatoms. The number of benzene rings is 2. The molecule has 2 aromatic carbocycles. The fraction of sp³-hybridized carbons (Fsp3) is 0. The van der Waals surface area contributed by atoms with Crippen molar-refractivity contribution >= 4 is 17.6 Å². The van der Waals surface area contributed by atoms with Gasteiger partial charge in [-0.3, -0.25) is 4.79 Å². The Kier molecular flexibility index (Phi) is 4.51. The lowest BCUT2D eigenvalue weighted by Crippen LogP contribution is -1.91. The van der Waals surface area contributed by atoms with Crippen molar-refractivity contribution < 1.29 is 19.4 Å². The molecule has 0 radical (unpaired) electrons. The molecule has 0 saturated heterocycles. The monoisotopic (exact) mass is 284 g/mol. The second kappa shape index (κ2) is 6.52. The van der Waals surface area contributed by atoms with Crippen molar-refractivity contribution in [2.45, 2.75) is 0 Å². The Morgan fingerprint density at radius 1 is 1.10 bits per heavy atom. The first-order valence-electron chi connectivity index (χ1n) is 6.23. The van der Waals surface area contributed by atoms with E-state index in [1.165, 1.54) is 18.2 Å². The Morgan fingerprint density at radius 2 is 1.81 bits per heavy atom. The van der Waals surface area contributed by atoms with E-state index in [0.717, 1.165) is 18.2 Å². The van der Waals surface area contributed by atoms with Gasteiger partial charge in [0.2, 0.25) is 0 Å². The summed E-state index contributed by atoms with van der Waals surface area (Å²) in [4.78, 5) is 11.7. The number of carbonyl (C=O) groups is 1. The topological polar surface area (TPSA) is 57.5 Å². The molecule has 21 heavy (non-hydrogen) atoms. The number of aromatic hydroxyl groups is 1. The zero-order valence-electron chi connectivity index (χ0n) is 11.0. The fourth-order valence-electron chi connectivity index (χ4n) is 1.70. The second-order valence-corrected chi connectivity index (χ2v) is 4.34. The number of hydrogen-bond acceptors (Lipinski definition) is 3. The third kappa shape index (κ3) is 4.04. The standard InChI is InChI=1S/C17H13FO3/c18-16-10-14(19)8-6-12(16)7-9-15(20)11-17(21)13-4-2-1-3-5-13/h1-11,19,21H/b9-7+,17-11-. The van der Waals surface area contributed by atoms with Crippen LogP contribution in [0.1, 0.15) is 11.1 Å². The van der Waals surface area contributed by atoms with Gasteiger partial charge in [-0.1, -0.05) is 30.3 Å². The van der Waals surface area contributed by atoms with Crippen LogP contribution in [0.3, 0.4) is 0 Å². The minimum absolute atomic E-state index is 0.156. The normalized spacial score (nSPS) is 11.8. The Balaban J connectivity index is 2.13. The highest BCUT2D eigenvalue weighted by Gasteiger charge is 2.02. The third-order valence-electron chi connectivity index (χ3n) is 2.76. The number of aliphatic hydroxyl groups is 1. The molecule has 3 nitrogen and oxygen atoms in total. The quantitative estimate of drug-likeness (QED) is 0.664. The molecule has 0 atom stereocenters. The molecule has 106 valence electrons. The first kappa shape index (κ1) is 14.5. The minimum Gasteiger partial charge on any atom is -0.508 e. The van der Waals surface area contributed by atoms with E-state index in [-0.39, 0.29) is 17.1 Å². The van der Waals surface area contributed by atoms with Crippen LogP contribution in [0.15, 0.2) is 60.7 Å². The molecular weight excluding hydrogens is 271 g/mol. The summed E-state index contributed by atoms with van der Waals surface area (Å²) in [6, 6.07) is 12.3. The highest BCUT2D eigenvalue weighted by molar-refractivity contribution is 6.05. The number of phenolic OH excluding ortho intramolecular Hbond substituents is 1. The lowest BCUT2D eigenvalue weighted by molar-refractivity contribution is -0.110. The van der Waals surface area contributed by atoms with Crippen molar-refractivity contribution in [2.75, 3.05) is 0 Å². The number of allylic oxidation sites excluding steroid dienone is 2. The zero-order chi connectivity index (χ0) is 15.2. The first-order valence-corrected chi connectivity index (χ1v) is 6.23. The van der Waals surface area contributed by atoms with Crippen LogP contribution in [0, 0.1) is 5.82 Å². The number of hydrogen-bond donors (Lipinski definition) is 2. The molecule has 0 aliphatic carbocycles. The van der Waals surface area contributed by atoms with E-state index in [2.05, 4.69) is 0 Å². The molecule has 0 aliphatic heterocycles. The highest BCUT2D eigenvalue weighted by atomic mass is 19.1. The zero-order valence-corrected chi connectivity index (χ0v) is 11.0. The molecule has 2 N–H and O–H groups in total. The maximum absolute atomic E-state index is 13.4. The lowest BCUT2D eigenvalue weighted by atomic mass is 10.1. The van der Waals surface area contributed by atoms with E-state index in [1.807, 2.05) is 0 Å². The average Bonchev–Trinajstić information content (AvgIpc) is 2.47. The Morgan fingerprint density at radius 3 is 2.48 bits per heavy atom. The molecule has 0 aromatic heterocycles. The van der Waals surface area contributed by atoms with Crippen molar-refractivity contribution in [2.24, 2.45) is 0 Å². The van der Waals surface area contributed by atoms with Gasteiger partial charge in [0, 0.05) is 23.3 Å².